The standard InChI is InChI=1S/C7H9N3O3S/c8-6-4-2-1-3-5(6)7(11)10-14(9,12)13/h1-4H,8H2,(H,10,11)(H2,9,12,13). The summed E-state index contributed by atoms with van der Waals surface area (Å²) in [6, 6.07) is 6.07. The molecule has 0 aliphatic rings. The topological polar surface area (TPSA) is 115 Å². The fourth-order valence-corrected chi connectivity index (χ4v) is 1.26. The molecule has 1 amide bonds. The zero-order chi connectivity index (χ0) is 10.8. The SMILES string of the molecule is Nc1ccccc1C(=O)NS(N)(=O)=O. The molecule has 1 aromatic carbocycles. The summed E-state index contributed by atoms with van der Waals surface area (Å²) in [5.41, 5.74) is 5.70. The van der Waals surface area contributed by atoms with Gasteiger partial charge in [-0.2, -0.15) is 8.42 Å². The monoisotopic (exact) mass is 215 g/mol. The molecule has 0 fully saturated rings. The number of amides is 1. The summed E-state index contributed by atoms with van der Waals surface area (Å²) in [4.78, 5) is 11.2. The first-order valence-electron chi connectivity index (χ1n) is 3.59. The molecule has 7 heteroatoms. The van der Waals surface area contributed by atoms with Gasteiger partial charge < -0.3 is 5.73 Å². The predicted molar refractivity (Wildman–Crippen MR) is 51.4 cm³/mol. The van der Waals surface area contributed by atoms with Crippen molar-refractivity contribution in [2.45, 2.75) is 0 Å². The van der Waals surface area contributed by atoms with E-state index in [2.05, 4.69) is 5.14 Å². The Hall–Kier alpha value is -1.60. The van der Waals surface area contributed by atoms with Gasteiger partial charge in [0, 0.05) is 5.69 Å². The first-order chi connectivity index (χ1) is 6.40. The zero-order valence-corrected chi connectivity index (χ0v) is 7.91. The van der Waals surface area contributed by atoms with Crippen molar-refractivity contribution in [2.75, 3.05) is 5.73 Å². The van der Waals surface area contributed by atoms with Crippen LogP contribution in [0, 0.1) is 0 Å². The van der Waals surface area contributed by atoms with Crippen LogP contribution in [-0.4, -0.2) is 14.3 Å². The quantitative estimate of drug-likeness (QED) is 0.560. The highest BCUT2D eigenvalue weighted by molar-refractivity contribution is 7.87. The number of benzene rings is 1. The molecule has 0 saturated heterocycles. The van der Waals surface area contributed by atoms with Crippen molar-refractivity contribution in [3.05, 3.63) is 29.8 Å². The van der Waals surface area contributed by atoms with Gasteiger partial charge in [0.2, 0.25) is 0 Å². The molecule has 1 rings (SSSR count). The fourth-order valence-electron chi connectivity index (χ4n) is 0.888. The number of anilines is 1. The van der Waals surface area contributed by atoms with E-state index in [1.165, 1.54) is 12.1 Å². The minimum Gasteiger partial charge on any atom is -0.398 e. The highest BCUT2D eigenvalue weighted by Gasteiger charge is 2.13. The molecule has 0 aliphatic carbocycles. The van der Waals surface area contributed by atoms with Gasteiger partial charge in [-0.15, -0.1) is 0 Å². The molecule has 0 heterocycles. The van der Waals surface area contributed by atoms with Crippen molar-refractivity contribution >= 4 is 21.8 Å². The number of carbonyl (C=O) groups excluding carboxylic acids is 1. The van der Waals surface area contributed by atoms with E-state index < -0.39 is 16.1 Å². The number of rotatable bonds is 2. The number of hydrogen-bond acceptors (Lipinski definition) is 4. The summed E-state index contributed by atoms with van der Waals surface area (Å²) in [6.07, 6.45) is 0. The molecule has 0 saturated carbocycles. The Morgan fingerprint density at radius 3 is 2.36 bits per heavy atom. The van der Waals surface area contributed by atoms with Crippen molar-refractivity contribution in [1.29, 1.82) is 0 Å². The molecule has 76 valence electrons. The molecule has 0 radical (unpaired) electrons. The van der Waals surface area contributed by atoms with Crippen LogP contribution in [0.1, 0.15) is 10.4 Å². The Balaban J connectivity index is 2.97. The Labute approximate surface area is 81.1 Å². The highest BCUT2D eigenvalue weighted by atomic mass is 32.2. The minimum atomic E-state index is -4.04. The molecule has 6 nitrogen and oxygen atoms in total. The maximum Gasteiger partial charge on any atom is 0.298 e. The number of nitrogens with two attached hydrogens (primary N) is 2. The van der Waals surface area contributed by atoms with Gasteiger partial charge in [0.25, 0.3) is 16.1 Å². The van der Waals surface area contributed by atoms with Crippen molar-refractivity contribution < 1.29 is 13.2 Å². The maximum atomic E-state index is 11.2. The first kappa shape index (κ1) is 10.5. The van der Waals surface area contributed by atoms with E-state index >= 15 is 0 Å². The molecule has 1 aromatic rings. The third kappa shape index (κ3) is 2.71. The lowest BCUT2D eigenvalue weighted by molar-refractivity contribution is 0.0982. The van der Waals surface area contributed by atoms with E-state index in [0.29, 0.717) is 0 Å². The van der Waals surface area contributed by atoms with Crippen LogP contribution >= 0.6 is 0 Å². The fraction of sp³-hybridized carbons (Fsp3) is 0. The van der Waals surface area contributed by atoms with Crippen LogP contribution in [0.2, 0.25) is 0 Å². The summed E-state index contributed by atoms with van der Waals surface area (Å²) >= 11 is 0. The molecule has 0 aromatic heterocycles. The normalized spacial score (nSPS) is 10.9. The zero-order valence-electron chi connectivity index (χ0n) is 7.10. The van der Waals surface area contributed by atoms with Gasteiger partial charge in [-0.25, -0.2) is 9.86 Å². The van der Waals surface area contributed by atoms with Crippen LogP contribution in [0.15, 0.2) is 24.3 Å². The van der Waals surface area contributed by atoms with E-state index in [9.17, 15) is 13.2 Å². The highest BCUT2D eigenvalue weighted by Crippen LogP contribution is 2.09. The Kier molecular flexibility index (Phi) is 2.73. The van der Waals surface area contributed by atoms with E-state index in [0.717, 1.165) is 0 Å². The van der Waals surface area contributed by atoms with Gasteiger partial charge in [-0.3, -0.25) is 4.79 Å². The van der Waals surface area contributed by atoms with Crippen LogP contribution in [0.25, 0.3) is 0 Å². The maximum absolute atomic E-state index is 11.2. The van der Waals surface area contributed by atoms with Crippen LogP contribution < -0.4 is 15.6 Å². The molecular formula is C7H9N3O3S. The lowest BCUT2D eigenvalue weighted by Crippen LogP contribution is -2.36. The number of nitrogen functional groups attached to an aromatic ring is 1. The largest absolute Gasteiger partial charge is 0.398 e. The van der Waals surface area contributed by atoms with Crippen molar-refractivity contribution in [2.24, 2.45) is 5.14 Å². The van der Waals surface area contributed by atoms with Crippen molar-refractivity contribution in [3.8, 4) is 0 Å². The summed E-state index contributed by atoms with van der Waals surface area (Å²) in [6.45, 7) is 0. The molecular weight excluding hydrogens is 206 g/mol. The smallest absolute Gasteiger partial charge is 0.298 e. The molecule has 5 N–H and O–H groups in total. The summed E-state index contributed by atoms with van der Waals surface area (Å²) in [5, 5.41) is 4.62. The Bertz CT molecular complexity index is 455. The van der Waals surface area contributed by atoms with Crippen LogP contribution in [0.3, 0.4) is 0 Å². The molecule has 0 atom stereocenters. The van der Waals surface area contributed by atoms with E-state index in [-0.39, 0.29) is 11.3 Å². The first-order valence-corrected chi connectivity index (χ1v) is 5.14. The lowest BCUT2D eigenvalue weighted by Gasteiger charge is -2.04. The van der Waals surface area contributed by atoms with Gasteiger partial charge in [0.05, 0.1) is 5.56 Å². The van der Waals surface area contributed by atoms with Gasteiger partial charge in [0.1, 0.15) is 0 Å². The van der Waals surface area contributed by atoms with Crippen molar-refractivity contribution in [3.63, 3.8) is 0 Å². The average molecular weight is 215 g/mol. The Morgan fingerprint density at radius 2 is 1.86 bits per heavy atom. The third-order valence-electron chi connectivity index (χ3n) is 1.44. The van der Waals surface area contributed by atoms with Crippen LogP contribution in [-0.2, 0) is 10.2 Å². The summed E-state index contributed by atoms with van der Waals surface area (Å²) in [5.74, 6) is -0.842. The van der Waals surface area contributed by atoms with Gasteiger partial charge >= 0.3 is 0 Å². The number of carbonyl (C=O) groups is 1. The predicted octanol–water partition coefficient (Wildman–Crippen LogP) is -0.798. The number of hydrogen-bond donors (Lipinski definition) is 3. The van der Waals surface area contributed by atoms with Crippen molar-refractivity contribution in [1.82, 2.24) is 4.72 Å². The average Bonchev–Trinajstić information content (AvgIpc) is 2.01. The summed E-state index contributed by atoms with van der Waals surface area (Å²) in [7, 11) is -4.04. The minimum absolute atomic E-state index is 0.0709. The van der Waals surface area contributed by atoms with Gasteiger partial charge in [0.15, 0.2) is 0 Å². The third-order valence-corrected chi connectivity index (χ3v) is 1.91. The van der Waals surface area contributed by atoms with Crippen LogP contribution in [0.4, 0.5) is 5.69 Å². The van der Waals surface area contributed by atoms with Crippen LogP contribution in [0.5, 0.6) is 0 Å². The second kappa shape index (κ2) is 3.64. The summed E-state index contributed by atoms with van der Waals surface area (Å²) < 4.78 is 22.7. The molecule has 0 bridgehead atoms. The molecule has 0 aliphatic heterocycles. The molecule has 0 unspecified atom stereocenters. The molecule has 14 heavy (non-hydrogen) atoms. The van der Waals surface area contributed by atoms with E-state index in [1.807, 2.05) is 0 Å². The lowest BCUT2D eigenvalue weighted by atomic mass is 10.2. The van der Waals surface area contributed by atoms with E-state index in [1.54, 1.807) is 16.9 Å². The van der Waals surface area contributed by atoms with Gasteiger partial charge in [-0.1, -0.05) is 12.1 Å². The second-order valence-electron chi connectivity index (χ2n) is 2.56. The van der Waals surface area contributed by atoms with E-state index in [4.69, 9.17) is 5.73 Å². The second-order valence-corrected chi connectivity index (χ2v) is 3.86. The number of para-hydroxylation sites is 1. The Morgan fingerprint density at radius 1 is 1.29 bits per heavy atom. The number of nitrogens with one attached hydrogen (secondary N) is 1. The van der Waals surface area contributed by atoms with Gasteiger partial charge in [-0.05, 0) is 12.1 Å². The molecule has 0 spiro atoms.